The van der Waals surface area contributed by atoms with Gasteiger partial charge in [-0.25, -0.2) is 4.79 Å². The molecule has 3 aromatic rings. The Hall–Kier alpha value is -4.28. The number of carbonyl (C=O) groups is 1. The zero-order valence-electron chi connectivity index (χ0n) is 14.4. The van der Waals surface area contributed by atoms with E-state index in [9.17, 15) is 14.9 Å². The standard InChI is InChI=1S/C17H15N7O4/c18-13-7-6-11(24(26)27)8-12(13)15(25)28-9-14-21-16(19)23-17(22-14)20-10-4-2-1-3-5-10/h1-8H,9,18H2,(H3,19,20,21,22,23). The molecule has 0 atom stereocenters. The van der Waals surface area contributed by atoms with Crippen molar-refractivity contribution in [2.45, 2.75) is 6.61 Å². The van der Waals surface area contributed by atoms with Gasteiger partial charge in [0.15, 0.2) is 12.4 Å². The molecule has 0 spiro atoms. The molecule has 2 aromatic carbocycles. The van der Waals surface area contributed by atoms with E-state index in [-0.39, 0.29) is 41.3 Å². The van der Waals surface area contributed by atoms with Crippen molar-refractivity contribution in [3.63, 3.8) is 0 Å². The smallest absolute Gasteiger partial charge is 0.340 e. The summed E-state index contributed by atoms with van der Waals surface area (Å²) in [5.41, 5.74) is 11.8. The van der Waals surface area contributed by atoms with Crippen LogP contribution in [0.15, 0.2) is 48.5 Å². The molecule has 1 heterocycles. The molecule has 5 N–H and O–H groups in total. The number of aromatic nitrogens is 3. The number of nitrogens with two attached hydrogens (primary N) is 2. The molecule has 142 valence electrons. The molecular formula is C17H15N7O4. The first-order chi connectivity index (χ1) is 13.4. The topological polar surface area (TPSA) is 172 Å². The summed E-state index contributed by atoms with van der Waals surface area (Å²) in [5, 5.41) is 13.8. The van der Waals surface area contributed by atoms with Gasteiger partial charge in [0.25, 0.3) is 5.69 Å². The molecule has 0 aliphatic heterocycles. The van der Waals surface area contributed by atoms with Gasteiger partial charge in [0.05, 0.1) is 10.5 Å². The quantitative estimate of drug-likeness (QED) is 0.248. The van der Waals surface area contributed by atoms with Gasteiger partial charge in [0.1, 0.15) is 0 Å². The fraction of sp³-hybridized carbons (Fsp3) is 0.0588. The van der Waals surface area contributed by atoms with Crippen LogP contribution in [0.25, 0.3) is 0 Å². The maximum atomic E-state index is 12.2. The number of nitrogens with zero attached hydrogens (tertiary/aromatic N) is 4. The van der Waals surface area contributed by atoms with Gasteiger partial charge in [-0.3, -0.25) is 10.1 Å². The van der Waals surface area contributed by atoms with E-state index in [4.69, 9.17) is 16.2 Å². The fourth-order valence-electron chi connectivity index (χ4n) is 2.25. The van der Waals surface area contributed by atoms with Gasteiger partial charge in [0, 0.05) is 23.5 Å². The van der Waals surface area contributed by atoms with Crippen molar-refractivity contribution < 1.29 is 14.5 Å². The first-order valence-corrected chi connectivity index (χ1v) is 7.96. The summed E-state index contributed by atoms with van der Waals surface area (Å²) in [6.45, 7) is -0.322. The largest absolute Gasteiger partial charge is 0.454 e. The van der Waals surface area contributed by atoms with Crippen molar-refractivity contribution >= 4 is 34.9 Å². The summed E-state index contributed by atoms with van der Waals surface area (Å²) in [7, 11) is 0. The molecule has 11 heteroatoms. The highest BCUT2D eigenvalue weighted by molar-refractivity contribution is 5.95. The van der Waals surface area contributed by atoms with E-state index < -0.39 is 10.9 Å². The normalized spacial score (nSPS) is 10.3. The van der Waals surface area contributed by atoms with Crippen molar-refractivity contribution in [1.82, 2.24) is 15.0 Å². The second kappa shape index (κ2) is 7.95. The Morgan fingerprint density at radius 3 is 2.57 bits per heavy atom. The van der Waals surface area contributed by atoms with Crippen LogP contribution < -0.4 is 16.8 Å². The van der Waals surface area contributed by atoms with E-state index in [0.717, 1.165) is 11.8 Å². The molecule has 0 bridgehead atoms. The van der Waals surface area contributed by atoms with Crippen LogP contribution in [0.3, 0.4) is 0 Å². The van der Waals surface area contributed by atoms with Crippen molar-refractivity contribution in [3.8, 4) is 0 Å². The third kappa shape index (κ3) is 4.46. The first-order valence-electron chi connectivity index (χ1n) is 7.96. The summed E-state index contributed by atoms with van der Waals surface area (Å²) in [6.07, 6.45) is 0. The molecule has 0 aliphatic rings. The monoisotopic (exact) mass is 381 g/mol. The van der Waals surface area contributed by atoms with Crippen LogP contribution in [-0.4, -0.2) is 25.8 Å². The van der Waals surface area contributed by atoms with Crippen LogP contribution in [0, 0.1) is 10.1 Å². The van der Waals surface area contributed by atoms with Gasteiger partial charge < -0.3 is 21.5 Å². The lowest BCUT2D eigenvalue weighted by atomic mass is 10.1. The highest BCUT2D eigenvalue weighted by Crippen LogP contribution is 2.21. The third-order valence-electron chi connectivity index (χ3n) is 3.53. The molecule has 1 aromatic heterocycles. The zero-order valence-corrected chi connectivity index (χ0v) is 14.4. The van der Waals surface area contributed by atoms with Gasteiger partial charge in [-0.2, -0.15) is 15.0 Å². The number of non-ortho nitro benzene ring substituents is 1. The number of ether oxygens (including phenoxy) is 1. The Bertz CT molecular complexity index is 1030. The fourth-order valence-corrected chi connectivity index (χ4v) is 2.25. The number of nitro groups is 1. The van der Waals surface area contributed by atoms with Gasteiger partial charge in [-0.15, -0.1) is 0 Å². The summed E-state index contributed by atoms with van der Waals surface area (Å²) in [6, 6.07) is 12.6. The number of benzene rings is 2. The molecule has 0 unspecified atom stereocenters. The molecule has 11 nitrogen and oxygen atoms in total. The lowest BCUT2D eigenvalue weighted by molar-refractivity contribution is -0.384. The number of carbonyl (C=O) groups excluding carboxylic acids is 1. The van der Waals surface area contributed by atoms with Crippen molar-refractivity contribution in [3.05, 3.63) is 70.0 Å². The van der Waals surface area contributed by atoms with Crippen LogP contribution in [0.4, 0.5) is 29.0 Å². The van der Waals surface area contributed by atoms with Crippen molar-refractivity contribution in [2.24, 2.45) is 0 Å². The Kier molecular flexibility index (Phi) is 5.25. The molecule has 0 fully saturated rings. The van der Waals surface area contributed by atoms with Gasteiger partial charge in [0.2, 0.25) is 11.9 Å². The highest BCUT2D eigenvalue weighted by atomic mass is 16.6. The number of nitrogen functional groups attached to an aromatic ring is 2. The number of para-hydroxylation sites is 1. The van der Waals surface area contributed by atoms with Crippen molar-refractivity contribution in [1.29, 1.82) is 0 Å². The molecule has 3 rings (SSSR count). The van der Waals surface area contributed by atoms with E-state index in [2.05, 4.69) is 20.3 Å². The minimum absolute atomic E-state index is 0.0530. The van der Waals surface area contributed by atoms with Crippen LogP contribution in [0.2, 0.25) is 0 Å². The average molecular weight is 381 g/mol. The minimum atomic E-state index is -0.849. The summed E-state index contributed by atoms with van der Waals surface area (Å²) in [4.78, 5) is 34.5. The number of hydrogen-bond donors (Lipinski definition) is 3. The van der Waals surface area contributed by atoms with E-state index in [1.54, 1.807) is 0 Å². The molecule has 0 radical (unpaired) electrons. The summed E-state index contributed by atoms with van der Waals surface area (Å²) >= 11 is 0. The maximum absolute atomic E-state index is 12.2. The van der Waals surface area contributed by atoms with Gasteiger partial charge in [-0.1, -0.05) is 18.2 Å². The molecule has 28 heavy (non-hydrogen) atoms. The predicted octanol–water partition coefficient (Wildman–Crippen LogP) is 2.04. The predicted molar refractivity (Wildman–Crippen MR) is 101 cm³/mol. The number of esters is 1. The van der Waals surface area contributed by atoms with Gasteiger partial charge in [-0.05, 0) is 18.2 Å². The Balaban J connectivity index is 1.73. The van der Waals surface area contributed by atoms with Crippen LogP contribution >= 0.6 is 0 Å². The Morgan fingerprint density at radius 1 is 1.11 bits per heavy atom. The number of hydrogen-bond acceptors (Lipinski definition) is 10. The number of nitrogens with one attached hydrogen (secondary N) is 1. The second-order valence-corrected chi connectivity index (χ2v) is 5.53. The molecular weight excluding hydrogens is 366 g/mol. The lowest BCUT2D eigenvalue weighted by Crippen LogP contribution is -2.12. The Labute approximate surface area is 158 Å². The maximum Gasteiger partial charge on any atom is 0.340 e. The highest BCUT2D eigenvalue weighted by Gasteiger charge is 2.17. The third-order valence-corrected chi connectivity index (χ3v) is 3.53. The van der Waals surface area contributed by atoms with E-state index in [1.807, 2.05) is 30.3 Å². The zero-order chi connectivity index (χ0) is 20.1. The van der Waals surface area contributed by atoms with Crippen LogP contribution in [0.1, 0.15) is 16.2 Å². The van der Waals surface area contributed by atoms with E-state index in [0.29, 0.717) is 0 Å². The van der Waals surface area contributed by atoms with E-state index >= 15 is 0 Å². The molecule has 0 aliphatic carbocycles. The summed E-state index contributed by atoms with van der Waals surface area (Å²) < 4.78 is 5.11. The SMILES string of the molecule is Nc1nc(COC(=O)c2cc([N+](=O)[O-])ccc2N)nc(Nc2ccccc2)n1. The number of nitro benzene ring substituents is 1. The van der Waals surface area contributed by atoms with Gasteiger partial charge >= 0.3 is 5.97 Å². The van der Waals surface area contributed by atoms with E-state index in [1.165, 1.54) is 12.1 Å². The van der Waals surface area contributed by atoms with Crippen molar-refractivity contribution in [2.75, 3.05) is 16.8 Å². The Morgan fingerprint density at radius 2 is 1.86 bits per heavy atom. The minimum Gasteiger partial charge on any atom is -0.454 e. The number of anilines is 4. The lowest BCUT2D eigenvalue weighted by Gasteiger charge is -2.09. The molecule has 0 saturated carbocycles. The first kappa shape index (κ1) is 18.5. The summed E-state index contributed by atoms with van der Waals surface area (Å²) in [5.74, 6) is -0.630. The molecule has 0 amide bonds. The van der Waals surface area contributed by atoms with Crippen LogP contribution in [0.5, 0.6) is 0 Å². The number of rotatable bonds is 6. The average Bonchev–Trinajstić information content (AvgIpc) is 2.66. The molecule has 0 saturated heterocycles. The second-order valence-electron chi connectivity index (χ2n) is 5.53. The van der Waals surface area contributed by atoms with Crippen LogP contribution in [-0.2, 0) is 11.3 Å².